The molecule has 0 saturated carbocycles. The first-order valence-corrected chi connectivity index (χ1v) is 7.21. The minimum absolute atomic E-state index is 0.0251. The number of aromatic hydroxyl groups is 2. The third kappa shape index (κ3) is 3.55. The summed E-state index contributed by atoms with van der Waals surface area (Å²) in [6, 6.07) is 3.92. The second-order valence-electron chi connectivity index (χ2n) is 5.38. The molecule has 1 atom stereocenters. The number of esters is 1. The molecule has 6 heteroatoms. The Kier molecular flexibility index (Phi) is 5.08. The fourth-order valence-electron chi connectivity index (χ4n) is 2.38. The molecule has 0 aliphatic carbocycles. The number of cyclic esters (lactones) is 1. The van der Waals surface area contributed by atoms with E-state index in [1.54, 1.807) is 6.92 Å². The van der Waals surface area contributed by atoms with E-state index in [1.165, 1.54) is 31.4 Å². The molecule has 0 radical (unpaired) electrons. The lowest BCUT2D eigenvalue weighted by atomic mass is 10.0. The maximum atomic E-state index is 12.1. The van der Waals surface area contributed by atoms with Crippen LogP contribution in [0.1, 0.15) is 25.3 Å². The van der Waals surface area contributed by atoms with Gasteiger partial charge in [-0.25, -0.2) is 4.79 Å². The summed E-state index contributed by atoms with van der Waals surface area (Å²) in [5, 5.41) is 28.6. The number of phenols is 2. The molecule has 0 amide bonds. The van der Waals surface area contributed by atoms with Crippen molar-refractivity contribution in [1.29, 1.82) is 0 Å². The van der Waals surface area contributed by atoms with Crippen LogP contribution in [0, 0.1) is 0 Å². The zero-order chi connectivity index (χ0) is 17.0. The largest absolute Gasteiger partial charge is 0.508 e. The van der Waals surface area contributed by atoms with Crippen molar-refractivity contribution in [2.24, 2.45) is 0 Å². The SMILES string of the molecule is CO[C@@]1(c2cc(O)ccc2O)C=C(CC/C=C(/C)CO)C(=O)O1. The van der Waals surface area contributed by atoms with Crippen LogP contribution in [-0.4, -0.2) is 35.0 Å². The summed E-state index contributed by atoms with van der Waals surface area (Å²) in [5.41, 5.74) is 1.39. The Morgan fingerprint density at radius 2 is 2.13 bits per heavy atom. The van der Waals surface area contributed by atoms with Crippen molar-refractivity contribution in [2.45, 2.75) is 25.6 Å². The van der Waals surface area contributed by atoms with Gasteiger partial charge in [-0.1, -0.05) is 11.6 Å². The Morgan fingerprint density at radius 3 is 2.78 bits per heavy atom. The molecule has 1 aromatic rings. The number of hydrogen-bond donors (Lipinski definition) is 3. The first-order chi connectivity index (χ1) is 10.9. The third-order valence-electron chi connectivity index (χ3n) is 3.69. The van der Waals surface area contributed by atoms with Crippen molar-refractivity contribution in [2.75, 3.05) is 13.7 Å². The van der Waals surface area contributed by atoms with Gasteiger partial charge in [0.05, 0.1) is 12.2 Å². The molecule has 1 aromatic carbocycles. The molecular formula is C17H20O6. The van der Waals surface area contributed by atoms with Crippen LogP contribution in [0.15, 0.2) is 41.5 Å². The molecule has 1 aliphatic rings. The van der Waals surface area contributed by atoms with Crippen LogP contribution < -0.4 is 0 Å². The van der Waals surface area contributed by atoms with Crippen LogP contribution in [0.5, 0.6) is 11.5 Å². The highest BCUT2D eigenvalue weighted by atomic mass is 16.7. The first kappa shape index (κ1) is 17.1. The number of phenolic OH excluding ortho intramolecular Hbond substituents is 2. The van der Waals surface area contributed by atoms with Gasteiger partial charge in [0.2, 0.25) is 0 Å². The van der Waals surface area contributed by atoms with E-state index in [0.29, 0.717) is 18.4 Å². The van der Waals surface area contributed by atoms with Crippen molar-refractivity contribution in [3.8, 4) is 11.5 Å². The third-order valence-corrected chi connectivity index (χ3v) is 3.69. The van der Waals surface area contributed by atoms with E-state index in [9.17, 15) is 15.0 Å². The summed E-state index contributed by atoms with van der Waals surface area (Å²) < 4.78 is 10.6. The minimum atomic E-state index is -1.55. The summed E-state index contributed by atoms with van der Waals surface area (Å²) in [6.45, 7) is 1.77. The van der Waals surface area contributed by atoms with E-state index in [0.717, 1.165) is 5.57 Å². The number of aliphatic hydroxyl groups excluding tert-OH is 1. The van der Waals surface area contributed by atoms with Gasteiger partial charge in [0.25, 0.3) is 5.79 Å². The minimum Gasteiger partial charge on any atom is -0.508 e. The van der Waals surface area contributed by atoms with Crippen LogP contribution in [0.25, 0.3) is 0 Å². The molecule has 6 nitrogen and oxygen atoms in total. The number of carbonyl (C=O) groups excluding carboxylic acids is 1. The maximum Gasteiger partial charge on any atom is 0.336 e. The van der Waals surface area contributed by atoms with E-state index in [4.69, 9.17) is 14.6 Å². The Balaban J connectivity index is 2.30. The maximum absolute atomic E-state index is 12.1. The zero-order valence-corrected chi connectivity index (χ0v) is 13.1. The molecule has 0 aromatic heterocycles. The quantitative estimate of drug-likeness (QED) is 0.422. The molecule has 124 valence electrons. The Hall–Kier alpha value is -2.31. The normalized spacial score (nSPS) is 21.3. The lowest BCUT2D eigenvalue weighted by Crippen LogP contribution is -2.27. The number of rotatable bonds is 6. The number of hydrogen-bond acceptors (Lipinski definition) is 6. The van der Waals surface area contributed by atoms with Gasteiger partial charge in [-0.15, -0.1) is 0 Å². The number of allylic oxidation sites excluding steroid dienone is 1. The summed E-state index contributed by atoms with van der Waals surface area (Å²) >= 11 is 0. The molecule has 0 fully saturated rings. The average molecular weight is 320 g/mol. The zero-order valence-electron chi connectivity index (χ0n) is 13.1. The van der Waals surface area contributed by atoms with E-state index in [2.05, 4.69) is 0 Å². The standard InChI is InChI=1S/C17H20O6/c1-11(10-18)4-3-5-12-9-17(22-2,23-16(12)21)14-8-13(19)6-7-15(14)20/h4,6-9,18-20H,3,5,10H2,1-2H3/b11-4-/t17-/m0/s1. The second kappa shape index (κ2) is 6.85. The van der Waals surface area contributed by atoms with Crippen molar-refractivity contribution in [1.82, 2.24) is 0 Å². The van der Waals surface area contributed by atoms with Gasteiger partial charge in [-0.3, -0.25) is 0 Å². The molecule has 23 heavy (non-hydrogen) atoms. The summed E-state index contributed by atoms with van der Waals surface area (Å²) in [4.78, 5) is 12.1. The van der Waals surface area contributed by atoms with Crippen LogP contribution in [0.2, 0.25) is 0 Å². The molecule has 2 rings (SSSR count). The lowest BCUT2D eigenvalue weighted by molar-refractivity contribution is -0.193. The summed E-state index contributed by atoms with van der Waals surface area (Å²) in [5.74, 6) is -2.31. The van der Waals surface area contributed by atoms with Gasteiger partial charge in [-0.2, -0.15) is 0 Å². The highest BCUT2D eigenvalue weighted by Crippen LogP contribution is 2.42. The molecule has 0 spiro atoms. The highest BCUT2D eigenvalue weighted by Gasteiger charge is 2.43. The first-order valence-electron chi connectivity index (χ1n) is 7.21. The predicted octanol–water partition coefficient (Wildman–Crippen LogP) is 2.10. The number of ether oxygens (including phenoxy) is 2. The monoisotopic (exact) mass is 320 g/mol. The number of benzene rings is 1. The van der Waals surface area contributed by atoms with Crippen LogP contribution in [0.3, 0.4) is 0 Å². The number of methoxy groups -OCH3 is 1. The van der Waals surface area contributed by atoms with Crippen LogP contribution in [0.4, 0.5) is 0 Å². The number of carbonyl (C=O) groups is 1. The van der Waals surface area contributed by atoms with Gasteiger partial charge in [-0.05, 0) is 38.0 Å². The van der Waals surface area contributed by atoms with Crippen LogP contribution >= 0.6 is 0 Å². The van der Waals surface area contributed by atoms with Crippen molar-refractivity contribution in [3.63, 3.8) is 0 Å². The Labute approximate surface area is 134 Å². The Bertz CT molecular complexity index is 661. The molecule has 0 bridgehead atoms. The fourth-order valence-corrected chi connectivity index (χ4v) is 2.38. The molecule has 1 heterocycles. The van der Waals surface area contributed by atoms with E-state index >= 15 is 0 Å². The van der Waals surface area contributed by atoms with Gasteiger partial charge in [0.15, 0.2) is 0 Å². The van der Waals surface area contributed by atoms with E-state index in [-0.39, 0.29) is 23.7 Å². The van der Waals surface area contributed by atoms with E-state index in [1.807, 2.05) is 6.08 Å². The number of aliphatic hydroxyl groups is 1. The van der Waals surface area contributed by atoms with Crippen molar-refractivity contribution in [3.05, 3.63) is 47.1 Å². The lowest BCUT2D eigenvalue weighted by Gasteiger charge is -2.25. The Morgan fingerprint density at radius 1 is 1.39 bits per heavy atom. The van der Waals surface area contributed by atoms with Gasteiger partial charge >= 0.3 is 5.97 Å². The predicted molar refractivity (Wildman–Crippen MR) is 82.7 cm³/mol. The molecule has 1 aliphatic heterocycles. The van der Waals surface area contributed by atoms with Gasteiger partial charge < -0.3 is 24.8 Å². The summed E-state index contributed by atoms with van der Waals surface area (Å²) in [6.07, 6.45) is 4.33. The van der Waals surface area contributed by atoms with E-state index < -0.39 is 11.8 Å². The fraction of sp³-hybridized carbons (Fsp3) is 0.353. The highest BCUT2D eigenvalue weighted by molar-refractivity contribution is 5.91. The van der Waals surface area contributed by atoms with Crippen LogP contribution in [-0.2, 0) is 20.1 Å². The summed E-state index contributed by atoms with van der Waals surface area (Å²) in [7, 11) is 1.35. The smallest absolute Gasteiger partial charge is 0.336 e. The van der Waals surface area contributed by atoms with Gasteiger partial charge in [0.1, 0.15) is 11.5 Å². The average Bonchev–Trinajstić information content (AvgIpc) is 2.87. The molecular weight excluding hydrogens is 300 g/mol. The van der Waals surface area contributed by atoms with Crippen molar-refractivity contribution >= 4 is 5.97 Å². The van der Waals surface area contributed by atoms with Gasteiger partial charge in [0, 0.05) is 18.8 Å². The van der Waals surface area contributed by atoms with Crippen molar-refractivity contribution < 1.29 is 29.6 Å². The second-order valence-corrected chi connectivity index (χ2v) is 5.38. The molecule has 3 N–H and O–H groups in total. The topological polar surface area (TPSA) is 96.2 Å². The molecule has 0 unspecified atom stereocenters. The molecule has 0 saturated heterocycles.